The van der Waals surface area contributed by atoms with Crippen LogP contribution in [0.1, 0.15) is 6.92 Å². The van der Waals surface area contributed by atoms with Gasteiger partial charge in [0.15, 0.2) is 5.69 Å². The van der Waals surface area contributed by atoms with E-state index in [4.69, 9.17) is 17.4 Å². The number of anilines is 1. The highest BCUT2D eigenvalue weighted by Crippen LogP contribution is 2.41. The van der Waals surface area contributed by atoms with Gasteiger partial charge in [-0.05, 0) is 53.3 Å². The Kier molecular flexibility index (Phi) is 5.79. The van der Waals surface area contributed by atoms with Gasteiger partial charge in [0.2, 0.25) is 21.0 Å². The van der Waals surface area contributed by atoms with Crippen molar-refractivity contribution in [3.05, 3.63) is 46.9 Å². The molecule has 0 aliphatic rings. The lowest BCUT2D eigenvalue weighted by Crippen LogP contribution is -2.16. The van der Waals surface area contributed by atoms with Crippen molar-refractivity contribution in [2.24, 2.45) is 15.4 Å². The summed E-state index contributed by atoms with van der Waals surface area (Å²) in [4.78, 5) is -0.109. The molecule has 11 heteroatoms. The first-order chi connectivity index (χ1) is 13.2. The maximum Gasteiger partial charge on any atom is 0.240 e. The third-order valence-electron chi connectivity index (χ3n) is 3.97. The van der Waals surface area contributed by atoms with Crippen molar-refractivity contribution in [3.63, 3.8) is 0 Å². The number of hydrogen-bond donors (Lipinski definition) is 3. The number of aromatic nitrogens is 1. The first kappa shape index (κ1) is 20.4. The van der Waals surface area contributed by atoms with Gasteiger partial charge >= 0.3 is 0 Å². The summed E-state index contributed by atoms with van der Waals surface area (Å²) in [6, 6.07) is 11.6. The summed E-state index contributed by atoms with van der Waals surface area (Å²) in [5.74, 6) is -0.0408. The Bertz CT molecular complexity index is 1200. The fourth-order valence-corrected chi connectivity index (χ4v) is 4.22. The van der Waals surface area contributed by atoms with Gasteiger partial charge in [-0.25, -0.2) is 13.6 Å². The standard InChI is InChI=1S/C17H16BrN5O3S2/c1-2-23-15-10(6-5-7-11(15)18)14(16(23)24)21-22-17(27)20-12-8-3-4-9-13(12)28(19,25)26/h3-9,24H,2H2,1H3,(H,20,27)(H2,19,25,26). The topological polar surface area (TPSA) is 122 Å². The third-order valence-corrected chi connectivity index (χ3v) is 5.76. The van der Waals surface area contributed by atoms with Crippen LogP contribution in [0.15, 0.2) is 62.1 Å². The van der Waals surface area contributed by atoms with Crippen LogP contribution in [-0.4, -0.2) is 23.2 Å². The minimum Gasteiger partial charge on any atom is -0.493 e. The lowest BCUT2D eigenvalue weighted by Gasteiger charge is -2.08. The van der Waals surface area contributed by atoms with Gasteiger partial charge in [-0.1, -0.05) is 24.3 Å². The summed E-state index contributed by atoms with van der Waals surface area (Å²) in [6.07, 6.45) is 0. The highest BCUT2D eigenvalue weighted by molar-refractivity contribution is 9.10. The molecule has 4 N–H and O–H groups in total. The molecule has 1 heterocycles. The lowest BCUT2D eigenvalue weighted by molar-refractivity contribution is 0.427. The molecule has 0 aliphatic carbocycles. The molecule has 8 nitrogen and oxygen atoms in total. The van der Waals surface area contributed by atoms with E-state index in [-0.39, 0.29) is 27.3 Å². The molecule has 2 aromatic carbocycles. The zero-order chi connectivity index (χ0) is 20.5. The first-order valence-electron chi connectivity index (χ1n) is 8.08. The second kappa shape index (κ2) is 7.95. The minimum atomic E-state index is -3.93. The zero-order valence-electron chi connectivity index (χ0n) is 14.6. The number of aromatic hydroxyl groups is 1. The quantitative estimate of drug-likeness (QED) is 0.379. The number of sulfonamides is 1. The Balaban J connectivity index is 1.95. The van der Waals surface area contributed by atoms with Crippen molar-refractivity contribution in [1.82, 2.24) is 4.57 Å². The molecule has 146 valence electrons. The van der Waals surface area contributed by atoms with E-state index >= 15 is 0 Å². The van der Waals surface area contributed by atoms with Gasteiger partial charge in [0.1, 0.15) is 4.90 Å². The number of hydrogen-bond acceptors (Lipinski definition) is 5. The number of halogens is 1. The van der Waals surface area contributed by atoms with E-state index < -0.39 is 10.0 Å². The Morgan fingerprint density at radius 2 is 2.00 bits per heavy atom. The summed E-state index contributed by atoms with van der Waals surface area (Å²) in [5, 5.41) is 27.0. The van der Waals surface area contributed by atoms with Gasteiger partial charge < -0.3 is 15.0 Å². The smallest absolute Gasteiger partial charge is 0.240 e. The summed E-state index contributed by atoms with van der Waals surface area (Å²) < 4.78 is 25.9. The summed E-state index contributed by atoms with van der Waals surface area (Å²) >= 11 is 8.62. The van der Waals surface area contributed by atoms with Crippen LogP contribution in [0.4, 0.5) is 11.4 Å². The molecule has 0 spiro atoms. The molecule has 0 unspecified atom stereocenters. The van der Waals surface area contributed by atoms with Crippen LogP contribution in [0.2, 0.25) is 0 Å². The maximum absolute atomic E-state index is 11.7. The van der Waals surface area contributed by atoms with E-state index in [1.54, 1.807) is 16.7 Å². The number of nitrogens with one attached hydrogen (secondary N) is 1. The van der Waals surface area contributed by atoms with Crippen LogP contribution in [0.3, 0.4) is 0 Å². The van der Waals surface area contributed by atoms with Gasteiger partial charge in [0.25, 0.3) is 0 Å². The van der Waals surface area contributed by atoms with Crippen molar-refractivity contribution < 1.29 is 13.5 Å². The molecule has 0 fully saturated rings. The molecule has 1 aromatic heterocycles. The number of nitrogens with zero attached hydrogens (tertiary/aromatic N) is 3. The number of aryl methyl sites for hydroxylation is 1. The van der Waals surface area contributed by atoms with Crippen LogP contribution >= 0.6 is 28.1 Å². The van der Waals surface area contributed by atoms with Gasteiger partial charge in [0, 0.05) is 16.4 Å². The molecule has 0 amide bonds. The minimum absolute atomic E-state index is 0.0408. The van der Waals surface area contributed by atoms with Crippen molar-refractivity contribution in [1.29, 1.82) is 0 Å². The Morgan fingerprint density at radius 3 is 2.68 bits per heavy atom. The molecule has 3 aromatic rings. The second-order valence-corrected chi connectivity index (χ2v) is 8.49. The van der Waals surface area contributed by atoms with Crippen LogP contribution in [-0.2, 0) is 16.6 Å². The SMILES string of the molecule is CCn1c(O)c(N=NC(=S)Nc2ccccc2S(N)(=O)=O)c2cccc(Br)c21. The first-order valence-corrected chi connectivity index (χ1v) is 10.8. The normalized spacial score (nSPS) is 12.0. The summed E-state index contributed by atoms with van der Waals surface area (Å²) in [6.45, 7) is 2.43. The number of para-hydroxylation sites is 2. The highest BCUT2D eigenvalue weighted by Gasteiger charge is 2.18. The predicted molar refractivity (Wildman–Crippen MR) is 116 cm³/mol. The summed E-state index contributed by atoms with van der Waals surface area (Å²) in [7, 11) is -3.93. The molecule has 0 aliphatic heterocycles. The number of rotatable bonds is 4. The van der Waals surface area contributed by atoms with E-state index in [9.17, 15) is 13.5 Å². The van der Waals surface area contributed by atoms with Gasteiger partial charge in [-0.2, -0.15) is 0 Å². The Labute approximate surface area is 175 Å². The van der Waals surface area contributed by atoms with Crippen molar-refractivity contribution >= 4 is 65.6 Å². The molecule has 0 saturated heterocycles. The van der Waals surface area contributed by atoms with E-state index in [0.717, 1.165) is 9.99 Å². The molecule has 0 radical (unpaired) electrons. The van der Waals surface area contributed by atoms with Crippen molar-refractivity contribution in [2.75, 3.05) is 5.32 Å². The number of primary sulfonamides is 1. The fraction of sp³-hybridized carbons (Fsp3) is 0.118. The van der Waals surface area contributed by atoms with E-state index in [1.165, 1.54) is 12.1 Å². The number of fused-ring (bicyclic) bond motifs is 1. The number of benzene rings is 2. The monoisotopic (exact) mass is 481 g/mol. The van der Waals surface area contributed by atoms with Gasteiger partial charge in [0.05, 0.1) is 11.2 Å². The average molecular weight is 482 g/mol. The average Bonchev–Trinajstić information content (AvgIpc) is 2.91. The largest absolute Gasteiger partial charge is 0.493 e. The molecule has 0 atom stereocenters. The molecular formula is C17H16BrN5O3S2. The Morgan fingerprint density at radius 1 is 1.29 bits per heavy atom. The zero-order valence-corrected chi connectivity index (χ0v) is 17.8. The van der Waals surface area contributed by atoms with Crippen LogP contribution in [0.5, 0.6) is 5.88 Å². The molecule has 3 rings (SSSR count). The molecular weight excluding hydrogens is 466 g/mol. The second-order valence-electron chi connectivity index (χ2n) is 5.72. The van der Waals surface area contributed by atoms with Crippen LogP contribution < -0.4 is 10.5 Å². The predicted octanol–water partition coefficient (Wildman–Crippen LogP) is 4.26. The number of nitrogens with two attached hydrogens (primary N) is 1. The lowest BCUT2D eigenvalue weighted by atomic mass is 10.2. The maximum atomic E-state index is 11.7. The van der Waals surface area contributed by atoms with Gasteiger partial charge in [-0.15, -0.1) is 10.2 Å². The van der Waals surface area contributed by atoms with E-state index in [2.05, 4.69) is 31.5 Å². The number of thiocarbonyl (C=S) groups is 1. The third kappa shape index (κ3) is 3.92. The van der Waals surface area contributed by atoms with Crippen molar-refractivity contribution in [3.8, 4) is 5.88 Å². The van der Waals surface area contributed by atoms with E-state index in [1.807, 2.05) is 25.1 Å². The molecule has 0 saturated carbocycles. The molecule has 28 heavy (non-hydrogen) atoms. The molecule has 0 bridgehead atoms. The van der Waals surface area contributed by atoms with Crippen LogP contribution in [0, 0.1) is 0 Å². The van der Waals surface area contributed by atoms with E-state index in [0.29, 0.717) is 11.9 Å². The van der Waals surface area contributed by atoms with Crippen LogP contribution in [0.25, 0.3) is 10.9 Å². The summed E-state index contributed by atoms with van der Waals surface area (Å²) in [5.41, 5.74) is 1.24. The number of azo groups is 1. The van der Waals surface area contributed by atoms with Crippen molar-refractivity contribution in [2.45, 2.75) is 18.4 Å². The highest BCUT2D eigenvalue weighted by atomic mass is 79.9. The Hall–Kier alpha value is -2.34. The fourth-order valence-electron chi connectivity index (χ4n) is 2.80. The van der Waals surface area contributed by atoms with Gasteiger partial charge in [-0.3, -0.25) is 0 Å².